The molecule has 0 fully saturated rings. The second kappa shape index (κ2) is 8.80. The van der Waals surface area contributed by atoms with Gasteiger partial charge in [0.05, 0.1) is 19.8 Å². The van der Waals surface area contributed by atoms with Gasteiger partial charge in [-0.1, -0.05) is 0 Å². The number of amides is 1. The minimum atomic E-state index is -4.30. The van der Waals surface area contributed by atoms with Gasteiger partial charge < -0.3 is 19.0 Å². The number of ether oxygens (including phenoxy) is 2. The van der Waals surface area contributed by atoms with Crippen LogP contribution < -0.4 is 19.7 Å². The molecule has 29 heavy (non-hydrogen) atoms. The highest BCUT2D eigenvalue weighted by Gasteiger charge is 2.25. The number of furan rings is 1. The Balaban J connectivity index is 2.39. The quantitative estimate of drug-likeness (QED) is 0.428. The molecule has 2 rings (SSSR count). The summed E-state index contributed by atoms with van der Waals surface area (Å²) in [6.45, 7) is 3.23. The highest BCUT2D eigenvalue weighted by atomic mass is 32.2. The van der Waals surface area contributed by atoms with Crippen molar-refractivity contribution in [2.45, 2.75) is 18.7 Å². The fourth-order valence-electron chi connectivity index (χ4n) is 2.51. The average molecular weight is 424 g/mol. The van der Waals surface area contributed by atoms with Crippen LogP contribution in [0.25, 0.3) is 6.08 Å². The van der Waals surface area contributed by atoms with E-state index < -0.39 is 21.9 Å². The van der Waals surface area contributed by atoms with Crippen molar-refractivity contribution < 1.29 is 37.0 Å². The number of hydrazine groups is 1. The van der Waals surface area contributed by atoms with Crippen molar-refractivity contribution in [1.29, 1.82) is 0 Å². The predicted molar refractivity (Wildman–Crippen MR) is 102 cm³/mol. The number of carboxylic acid groups (broad SMARTS) is 1. The van der Waals surface area contributed by atoms with Crippen molar-refractivity contribution >= 4 is 28.0 Å². The molecule has 1 aromatic carbocycles. The van der Waals surface area contributed by atoms with Gasteiger partial charge in [-0.05, 0) is 43.7 Å². The minimum absolute atomic E-state index is 0.0630. The first-order chi connectivity index (χ1) is 13.6. The van der Waals surface area contributed by atoms with Crippen LogP contribution in [0.1, 0.15) is 27.4 Å². The summed E-state index contributed by atoms with van der Waals surface area (Å²) < 4.78 is 41.1. The number of carboxylic acids is 1. The number of hydrogen-bond donors (Lipinski definition) is 3. The molecule has 2 aromatic rings. The van der Waals surface area contributed by atoms with Gasteiger partial charge in [-0.2, -0.15) is 0 Å². The Morgan fingerprint density at radius 1 is 1.14 bits per heavy atom. The summed E-state index contributed by atoms with van der Waals surface area (Å²) >= 11 is 0. The molecule has 0 aliphatic heterocycles. The molecule has 0 unspecified atom stereocenters. The molecule has 1 amide bonds. The smallest absolute Gasteiger partial charge is 0.328 e. The fourth-order valence-corrected chi connectivity index (χ4v) is 3.56. The molecule has 0 bridgehead atoms. The topological polar surface area (TPSA) is 144 Å². The highest BCUT2D eigenvalue weighted by molar-refractivity contribution is 7.89. The number of methoxy groups -OCH3 is 2. The molecule has 156 valence electrons. The van der Waals surface area contributed by atoms with Gasteiger partial charge in [0.25, 0.3) is 15.9 Å². The zero-order valence-electron chi connectivity index (χ0n) is 16.1. The molecular weight excluding hydrogens is 404 g/mol. The van der Waals surface area contributed by atoms with Crippen LogP contribution in [0.3, 0.4) is 0 Å². The van der Waals surface area contributed by atoms with Crippen LogP contribution in [0.2, 0.25) is 0 Å². The lowest BCUT2D eigenvalue weighted by Crippen LogP contribution is -2.41. The van der Waals surface area contributed by atoms with Crippen molar-refractivity contribution in [2.75, 3.05) is 14.2 Å². The van der Waals surface area contributed by atoms with Crippen molar-refractivity contribution in [3.63, 3.8) is 0 Å². The summed E-state index contributed by atoms with van der Waals surface area (Å²) in [5, 5.41) is 8.78. The van der Waals surface area contributed by atoms with Crippen molar-refractivity contribution in [3.05, 3.63) is 46.9 Å². The van der Waals surface area contributed by atoms with Gasteiger partial charge in [0.1, 0.15) is 16.4 Å². The number of carbonyl (C=O) groups is 2. The van der Waals surface area contributed by atoms with E-state index in [1.54, 1.807) is 13.8 Å². The number of aryl methyl sites for hydroxylation is 2. The van der Waals surface area contributed by atoms with Crippen molar-refractivity contribution in [1.82, 2.24) is 10.3 Å². The van der Waals surface area contributed by atoms with Gasteiger partial charge >= 0.3 is 5.97 Å². The number of carbonyl (C=O) groups excluding carboxylic acids is 1. The van der Waals surface area contributed by atoms with Crippen LogP contribution in [0.15, 0.2) is 33.6 Å². The first kappa shape index (κ1) is 22.0. The van der Waals surface area contributed by atoms with Crippen LogP contribution in [0.5, 0.6) is 11.5 Å². The van der Waals surface area contributed by atoms with Gasteiger partial charge in [0, 0.05) is 6.08 Å². The Hall–Kier alpha value is -3.31. The third-order valence-electron chi connectivity index (χ3n) is 3.76. The van der Waals surface area contributed by atoms with E-state index in [0.717, 1.165) is 6.08 Å². The number of benzene rings is 1. The largest absolute Gasteiger partial charge is 0.493 e. The van der Waals surface area contributed by atoms with E-state index in [9.17, 15) is 18.0 Å². The Bertz CT molecular complexity index is 1070. The highest BCUT2D eigenvalue weighted by Crippen LogP contribution is 2.35. The molecule has 0 saturated carbocycles. The SMILES string of the molecule is COc1cc(/C=C/C(=O)O)cc(S(=O)(=O)NNC(=O)c2cc(C)oc2C)c1OC. The molecule has 0 aliphatic rings. The van der Waals surface area contributed by atoms with Gasteiger partial charge in [-0.3, -0.25) is 10.2 Å². The molecular formula is C18H20N2O8S. The lowest BCUT2D eigenvalue weighted by Gasteiger charge is -2.15. The summed E-state index contributed by atoms with van der Waals surface area (Å²) in [6.07, 6.45) is 2.04. The fraction of sp³-hybridized carbons (Fsp3) is 0.222. The standard InChI is InChI=1S/C18H20N2O8S/c1-10-7-13(11(2)28-10)18(23)19-20-29(24,25)15-9-12(5-6-16(21)22)8-14(26-3)17(15)27-4/h5-9,20H,1-4H3,(H,19,23)(H,21,22)/b6-5+. The van der Waals surface area contributed by atoms with E-state index >= 15 is 0 Å². The molecule has 10 nitrogen and oxygen atoms in total. The Labute approximate surface area is 167 Å². The maximum Gasteiger partial charge on any atom is 0.328 e. The van der Waals surface area contributed by atoms with Crippen LogP contribution in [-0.2, 0) is 14.8 Å². The third kappa shape index (κ3) is 5.15. The summed E-state index contributed by atoms with van der Waals surface area (Å²) in [7, 11) is -1.75. The van der Waals surface area contributed by atoms with Crippen LogP contribution in [0, 0.1) is 13.8 Å². The zero-order valence-corrected chi connectivity index (χ0v) is 16.9. The van der Waals surface area contributed by atoms with Gasteiger partial charge in [-0.25, -0.2) is 13.2 Å². The van der Waals surface area contributed by atoms with E-state index in [4.69, 9.17) is 19.0 Å². The number of sulfonamides is 1. The molecule has 0 aliphatic carbocycles. The van der Waals surface area contributed by atoms with Gasteiger partial charge in [0.15, 0.2) is 11.5 Å². The lowest BCUT2D eigenvalue weighted by molar-refractivity contribution is -0.131. The molecule has 0 saturated heterocycles. The van der Waals surface area contributed by atoms with E-state index in [0.29, 0.717) is 11.5 Å². The van der Waals surface area contributed by atoms with E-state index in [2.05, 4.69) is 5.43 Å². The number of rotatable bonds is 8. The van der Waals surface area contributed by atoms with Crippen LogP contribution in [-0.4, -0.2) is 39.6 Å². The maximum absolute atomic E-state index is 12.8. The monoisotopic (exact) mass is 424 g/mol. The number of aliphatic carboxylic acids is 1. The summed E-state index contributed by atoms with van der Waals surface area (Å²) in [6, 6.07) is 4.07. The third-order valence-corrected chi connectivity index (χ3v) is 5.01. The molecule has 1 aromatic heterocycles. The Morgan fingerprint density at radius 2 is 1.83 bits per heavy atom. The first-order valence-corrected chi connectivity index (χ1v) is 9.63. The van der Waals surface area contributed by atoms with Crippen LogP contribution in [0.4, 0.5) is 0 Å². The summed E-state index contributed by atoms with van der Waals surface area (Å²) in [5.74, 6) is -1.14. The Kier molecular flexibility index (Phi) is 6.67. The Morgan fingerprint density at radius 3 is 2.34 bits per heavy atom. The van der Waals surface area contributed by atoms with Gasteiger partial charge in [0.2, 0.25) is 0 Å². The predicted octanol–water partition coefficient (Wildman–Crippen LogP) is 1.63. The molecule has 0 spiro atoms. The van der Waals surface area contributed by atoms with Crippen molar-refractivity contribution in [3.8, 4) is 11.5 Å². The summed E-state index contributed by atoms with van der Waals surface area (Å²) in [4.78, 5) is 24.6. The lowest BCUT2D eigenvalue weighted by atomic mass is 10.2. The first-order valence-electron chi connectivity index (χ1n) is 8.15. The molecule has 3 N–H and O–H groups in total. The molecule has 11 heteroatoms. The average Bonchev–Trinajstić information content (AvgIpc) is 3.01. The van der Waals surface area contributed by atoms with E-state index in [-0.39, 0.29) is 27.5 Å². The minimum Gasteiger partial charge on any atom is -0.493 e. The maximum atomic E-state index is 12.8. The zero-order chi connectivity index (χ0) is 21.8. The second-order valence-corrected chi connectivity index (χ2v) is 7.46. The number of hydrogen-bond acceptors (Lipinski definition) is 7. The van der Waals surface area contributed by atoms with Crippen LogP contribution >= 0.6 is 0 Å². The van der Waals surface area contributed by atoms with Crippen molar-refractivity contribution in [2.24, 2.45) is 0 Å². The number of nitrogens with one attached hydrogen (secondary N) is 2. The second-order valence-electron chi connectivity index (χ2n) is 5.81. The normalized spacial score (nSPS) is 11.4. The van der Waals surface area contributed by atoms with E-state index in [1.807, 2.05) is 4.83 Å². The summed E-state index contributed by atoms with van der Waals surface area (Å²) in [5.41, 5.74) is 2.51. The van der Waals surface area contributed by atoms with E-state index in [1.165, 1.54) is 38.5 Å². The molecule has 0 atom stereocenters. The molecule has 0 radical (unpaired) electrons. The van der Waals surface area contributed by atoms with Gasteiger partial charge in [-0.15, -0.1) is 4.83 Å². The molecule has 1 heterocycles.